The highest BCUT2D eigenvalue weighted by molar-refractivity contribution is 5.99. The molecule has 1 spiro atoms. The van der Waals surface area contributed by atoms with Gasteiger partial charge in [0.2, 0.25) is 0 Å². The minimum absolute atomic E-state index is 0.163. The molecule has 0 atom stereocenters. The first-order chi connectivity index (χ1) is 8.11. The van der Waals surface area contributed by atoms with Crippen LogP contribution in [0.25, 0.3) is 0 Å². The molecule has 0 amide bonds. The van der Waals surface area contributed by atoms with Gasteiger partial charge in [-0.25, -0.2) is 0 Å². The van der Waals surface area contributed by atoms with E-state index in [-0.39, 0.29) is 11.4 Å². The van der Waals surface area contributed by atoms with Crippen LogP contribution in [0.4, 0.5) is 0 Å². The highest BCUT2D eigenvalue weighted by Crippen LogP contribution is 2.39. The molecule has 0 unspecified atom stereocenters. The van der Waals surface area contributed by atoms with Gasteiger partial charge in [0.25, 0.3) is 0 Å². The zero-order valence-electron chi connectivity index (χ0n) is 10.2. The number of Topliss-reactive ketones (excluding diaryl/α,β-unsaturated/α-hetero) is 1. The van der Waals surface area contributed by atoms with E-state index in [1.54, 1.807) is 11.7 Å². The second-order valence-corrected chi connectivity index (χ2v) is 5.02. The molecule has 5 heteroatoms. The number of carbonyl (C=O) groups is 1. The summed E-state index contributed by atoms with van der Waals surface area (Å²) >= 11 is 0. The Bertz CT molecular complexity index is 472. The topological polar surface area (TPSA) is 56.1 Å². The van der Waals surface area contributed by atoms with Gasteiger partial charge in [-0.05, 0) is 20.0 Å². The number of hydrogen-bond acceptors (Lipinski definition) is 4. The van der Waals surface area contributed by atoms with Crippen molar-refractivity contribution in [2.45, 2.75) is 31.8 Å². The minimum Gasteiger partial charge on any atom is -0.482 e. The Labute approximate surface area is 100 Å². The zero-order chi connectivity index (χ0) is 12.0. The Kier molecular flexibility index (Phi) is 2.26. The molecule has 1 N–H and O–H groups in total. The standard InChI is InChI=1S/C12H17N3O2/c1-8-11-10(15(2)14-8)9(16)7-12(17-11)3-5-13-6-4-12/h13H,3-7H2,1-2H3. The molecule has 0 bridgehead atoms. The molecule has 2 aliphatic heterocycles. The Morgan fingerprint density at radius 1 is 1.41 bits per heavy atom. The molecular weight excluding hydrogens is 218 g/mol. The summed E-state index contributed by atoms with van der Waals surface area (Å²) in [7, 11) is 1.80. The van der Waals surface area contributed by atoms with E-state index in [0.29, 0.717) is 17.9 Å². The van der Waals surface area contributed by atoms with E-state index in [2.05, 4.69) is 10.4 Å². The summed E-state index contributed by atoms with van der Waals surface area (Å²) in [6.45, 7) is 3.73. The maximum Gasteiger partial charge on any atom is 0.188 e. The molecule has 3 heterocycles. The average molecular weight is 235 g/mol. The van der Waals surface area contributed by atoms with E-state index in [0.717, 1.165) is 31.6 Å². The predicted octanol–water partition coefficient (Wildman–Crippen LogP) is 0.816. The lowest BCUT2D eigenvalue weighted by atomic mass is 9.84. The fraction of sp³-hybridized carbons (Fsp3) is 0.667. The molecule has 0 aliphatic carbocycles. The minimum atomic E-state index is -0.289. The van der Waals surface area contributed by atoms with Crippen molar-refractivity contribution in [2.75, 3.05) is 13.1 Å². The van der Waals surface area contributed by atoms with Gasteiger partial charge in [0, 0.05) is 19.9 Å². The lowest BCUT2D eigenvalue weighted by Crippen LogP contribution is -2.49. The summed E-state index contributed by atoms with van der Waals surface area (Å²) in [5, 5.41) is 7.58. The smallest absolute Gasteiger partial charge is 0.188 e. The number of ketones is 1. The molecule has 92 valence electrons. The summed E-state index contributed by atoms with van der Waals surface area (Å²) in [4.78, 5) is 12.2. The van der Waals surface area contributed by atoms with E-state index in [4.69, 9.17) is 4.74 Å². The van der Waals surface area contributed by atoms with Gasteiger partial charge in [-0.1, -0.05) is 0 Å². The number of nitrogens with zero attached hydrogens (tertiary/aromatic N) is 2. The van der Waals surface area contributed by atoms with Crippen LogP contribution in [-0.2, 0) is 7.05 Å². The van der Waals surface area contributed by atoms with E-state index >= 15 is 0 Å². The van der Waals surface area contributed by atoms with Crippen molar-refractivity contribution in [3.63, 3.8) is 0 Å². The Morgan fingerprint density at radius 2 is 2.12 bits per heavy atom. The van der Waals surface area contributed by atoms with Crippen molar-refractivity contribution < 1.29 is 9.53 Å². The molecule has 1 aromatic rings. The van der Waals surface area contributed by atoms with Gasteiger partial charge in [-0.15, -0.1) is 0 Å². The van der Waals surface area contributed by atoms with Crippen molar-refractivity contribution in [1.82, 2.24) is 15.1 Å². The lowest BCUT2D eigenvalue weighted by molar-refractivity contribution is 0.0176. The predicted molar refractivity (Wildman–Crippen MR) is 62.4 cm³/mol. The van der Waals surface area contributed by atoms with E-state index in [1.807, 2.05) is 6.92 Å². The maximum atomic E-state index is 12.2. The maximum absolute atomic E-state index is 12.2. The van der Waals surface area contributed by atoms with Gasteiger partial charge < -0.3 is 10.1 Å². The highest BCUT2D eigenvalue weighted by Gasteiger charge is 2.43. The largest absolute Gasteiger partial charge is 0.482 e. The van der Waals surface area contributed by atoms with Crippen molar-refractivity contribution in [1.29, 1.82) is 0 Å². The Hall–Kier alpha value is -1.36. The molecule has 1 saturated heterocycles. The molecule has 5 nitrogen and oxygen atoms in total. The number of ether oxygens (including phenoxy) is 1. The van der Waals surface area contributed by atoms with E-state index in [1.165, 1.54) is 0 Å². The number of hydrogen-bond donors (Lipinski definition) is 1. The summed E-state index contributed by atoms with van der Waals surface area (Å²) in [6, 6.07) is 0. The fourth-order valence-electron chi connectivity index (χ4n) is 2.86. The van der Waals surface area contributed by atoms with Gasteiger partial charge in [0.05, 0.1) is 6.42 Å². The summed E-state index contributed by atoms with van der Waals surface area (Å²) in [6.07, 6.45) is 2.28. The van der Waals surface area contributed by atoms with Crippen LogP contribution in [0.2, 0.25) is 0 Å². The van der Waals surface area contributed by atoms with Crippen LogP contribution in [0.5, 0.6) is 5.75 Å². The first-order valence-electron chi connectivity index (χ1n) is 6.08. The summed E-state index contributed by atoms with van der Waals surface area (Å²) < 4.78 is 7.78. The molecular formula is C12H17N3O2. The first-order valence-corrected chi connectivity index (χ1v) is 6.08. The number of rotatable bonds is 0. The molecule has 1 fully saturated rings. The van der Waals surface area contributed by atoms with Gasteiger partial charge in [0.1, 0.15) is 17.0 Å². The molecule has 3 rings (SSSR count). The van der Waals surface area contributed by atoms with Crippen molar-refractivity contribution >= 4 is 5.78 Å². The highest BCUT2D eigenvalue weighted by atomic mass is 16.5. The normalized spacial score (nSPS) is 22.4. The molecule has 2 aliphatic rings. The third-order valence-electron chi connectivity index (χ3n) is 3.75. The van der Waals surface area contributed by atoms with Crippen LogP contribution in [0.15, 0.2) is 0 Å². The van der Waals surface area contributed by atoms with Crippen LogP contribution < -0.4 is 10.1 Å². The van der Waals surface area contributed by atoms with Gasteiger partial charge in [0.15, 0.2) is 11.5 Å². The summed E-state index contributed by atoms with van der Waals surface area (Å²) in [5.41, 5.74) is 1.16. The van der Waals surface area contributed by atoms with Crippen LogP contribution >= 0.6 is 0 Å². The van der Waals surface area contributed by atoms with Gasteiger partial charge in [-0.3, -0.25) is 9.48 Å². The molecule has 0 aromatic carbocycles. The van der Waals surface area contributed by atoms with Crippen LogP contribution in [-0.4, -0.2) is 34.3 Å². The third kappa shape index (κ3) is 1.57. The Morgan fingerprint density at radius 3 is 2.82 bits per heavy atom. The van der Waals surface area contributed by atoms with Gasteiger partial charge in [-0.2, -0.15) is 5.10 Å². The summed E-state index contributed by atoms with van der Waals surface area (Å²) in [5.74, 6) is 0.863. The number of aromatic nitrogens is 2. The number of carbonyl (C=O) groups excluding carboxylic acids is 1. The van der Waals surface area contributed by atoms with Crippen molar-refractivity contribution in [3.8, 4) is 5.75 Å². The Balaban J connectivity index is 2.02. The SMILES string of the molecule is Cc1nn(C)c2c1OC1(CCNCC1)CC2=O. The molecule has 17 heavy (non-hydrogen) atoms. The quantitative estimate of drug-likeness (QED) is 0.723. The van der Waals surface area contributed by atoms with E-state index in [9.17, 15) is 4.79 Å². The third-order valence-corrected chi connectivity index (χ3v) is 3.75. The second-order valence-electron chi connectivity index (χ2n) is 5.02. The number of fused-ring (bicyclic) bond motifs is 1. The van der Waals surface area contributed by atoms with Crippen molar-refractivity contribution in [3.05, 3.63) is 11.4 Å². The van der Waals surface area contributed by atoms with Crippen LogP contribution in [0.1, 0.15) is 35.4 Å². The number of piperidine rings is 1. The van der Waals surface area contributed by atoms with Crippen LogP contribution in [0, 0.1) is 6.92 Å². The fourth-order valence-corrected chi connectivity index (χ4v) is 2.86. The number of aryl methyl sites for hydroxylation is 2. The molecule has 0 saturated carbocycles. The average Bonchev–Trinajstić information content (AvgIpc) is 2.55. The van der Waals surface area contributed by atoms with Crippen LogP contribution in [0.3, 0.4) is 0 Å². The molecule has 0 radical (unpaired) electrons. The number of nitrogens with one attached hydrogen (secondary N) is 1. The second kappa shape index (κ2) is 3.57. The lowest BCUT2D eigenvalue weighted by Gasteiger charge is -2.40. The van der Waals surface area contributed by atoms with Gasteiger partial charge >= 0.3 is 0 Å². The molecule has 1 aromatic heterocycles. The van der Waals surface area contributed by atoms with Crippen molar-refractivity contribution in [2.24, 2.45) is 7.05 Å². The zero-order valence-corrected chi connectivity index (χ0v) is 10.2. The first kappa shape index (κ1) is 10.8. The van der Waals surface area contributed by atoms with E-state index < -0.39 is 0 Å². The monoisotopic (exact) mass is 235 g/mol.